The Morgan fingerprint density at radius 1 is 1.32 bits per heavy atom. The van der Waals surface area contributed by atoms with Gasteiger partial charge in [0.1, 0.15) is 0 Å². The van der Waals surface area contributed by atoms with Gasteiger partial charge in [-0.05, 0) is 19.3 Å². The van der Waals surface area contributed by atoms with E-state index in [1.165, 1.54) is 19.3 Å². The van der Waals surface area contributed by atoms with Gasteiger partial charge < -0.3 is 16.4 Å². The number of halogens is 1. The van der Waals surface area contributed by atoms with Crippen LogP contribution in [0.15, 0.2) is 4.99 Å². The van der Waals surface area contributed by atoms with Crippen LogP contribution in [-0.4, -0.2) is 31.0 Å². The maximum absolute atomic E-state index is 11.7. The van der Waals surface area contributed by atoms with Gasteiger partial charge in [0, 0.05) is 25.6 Å². The second kappa shape index (κ2) is 11.3. The van der Waals surface area contributed by atoms with Gasteiger partial charge in [-0.15, -0.1) is 24.0 Å². The SMILES string of the molecule is CCCN=C(N)NCCC(=O)NC1CCCCC1.I. The first-order chi connectivity index (χ1) is 8.72. The molecule has 1 aliphatic carbocycles. The van der Waals surface area contributed by atoms with Crippen LogP contribution in [0.4, 0.5) is 0 Å². The highest BCUT2D eigenvalue weighted by molar-refractivity contribution is 14.0. The number of aliphatic imine (C=N–C) groups is 1. The van der Waals surface area contributed by atoms with Crippen LogP contribution in [0.3, 0.4) is 0 Å². The zero-order chi connectivity index (χ0) is 13.2. The number of nitrogens with zero attached hydrogens (tertiary/aromatic N) is 1. The van der Waals surface area contributed by atoms with Crippen molar-refractivity contribution in [2.45, 2.75) is 57.9 Å². The van der Waals surface area contributed by atoms with Gasteiger partial charge >= 0.3 is 0 Å². The van der Waals surface area contributed by atoms with Crippen LogP contribution in [0.5, 0.6) is 0 Å². The number of guanidine groups is 1. The van der Waals surface area contributed by atoms with Crippen LogP contribution in [-0.2, 0) is 4.79 Å². The third-order valence-electron chi connectivity index (χ3n) is 3.13. The number of nitrogens with two attached hydrogens (primary N) is 1. The molecule has 0 aromatic carbocycles. The average molecular weight is 382 g/mol. The Hall–Kier alpha value is -0.530. The van der Waals surface area contributed by atoms with Gasteiger partial charge in [-0.2, -0.15) is 0 Å². The minimum atomic E-state index is 0. The minimum absolute atomic E-state index is 0. The molecule has 19 heavy (non-hydrogen) atoms. The molecule has 0 heterocycles. The van der Waals surface area contributed by atoms with E-state index in [-0.39, 0.29) is 29.9 Å². The first-order valence-corrected chi connectivity index (χ1v) is 7.05. The highest BCUT2D eigenvalue weighted by Crippen LogP contribution is 2.17. The molecule has 0 radical (unpaired) electrons. The molecule has 0 unspecified atom stereocenters. The largest absolute Gasteiger partial charge is 0.370 e. The van der Waals surface area contributed by atoms with Crippen LogP contribution in [0.25, 0.3) is 0 Å². The van der Waals surface area contributed by atoms with Gasteiger partial charge in [0.25, 0.3) is 0 Å². The second-order valence-electron chi connectivity index (χ2n) is 4.85. The number of rotatable bonds is 6. The summed E-state index contributed by atoms with van der Waals surface area (Å²) in [4.78, 5) is 15.8. The van der Waals surface area contributed by atoms with Crippen molar-refractivity contribution in [1.29, 1.82) is 0 Å². The van der Waals surface area contributed by atoms with Crippen molar-refractivity contribution in [3.63, 3.8) is 0 Å². The normalized spacial score (nSPS) is 16.6. The molecule has 0 atom stereocenters. The molecule has 0 saturated heterocycles. The van der Waals surface area contributed by atoms with Crippen LogP contribution in [0.2, 0.25) is 0 Å². The van der Waals surface area contributed by atoms with Crippen molar-refractivity contribution < 1.29 is 4.79 Å². The summed E-state index contributed by atoms with van der Waals surface area (Å²) in [6, 6.07) is 0.386. The lowest BCUT2D eigenvalue weighted by Gasteiger charge is -2.22. The van der Waals surface area contributed by atoms with Crippen LogP contribution < -0.4 is 16.4 Å². The monoisotopic (exact) mass is 382 g/mol. The molecule has 0 aliphatic heterocycles. The van der Waals surface area contributed by atoms with E-state index >= 15 is 0 Å². The topological polar surface area (TPSA) is 79.5 Å². The van der Waals surface area contributed by atoms with Crippen molar-refractivity contribution in [3.8, 4) is 0 Å². The van der Waals surface area contributed by atoms with Gasteiger partial charge in [0.2, 0.25) is 5.91 Å². The lowest BCUT2D eigenvalue weighted by atomic mass is 9.95. The smallest absolute Gasteiger partial charge is 0.221 e. The molecule has 1 fully saturated rings. The molecule has 5 nitrogen and oxygen atoms in total. The summed E-state index contributed by atoms with van der Waals surface area (Å²) in [5.74, 6) is 0.542. The summed E-state index contributed by atoms with van der Waals surface area (Å²) in [5, 5.41) is 6.03. The number of hydrogen-bond acceptors (Lipinski definition) is 2. The van der Waals surface area contributed by atoms with E-state index in [1.54, 1.807) is 0 Å². The maximum Gasteiger partial charge on any atom is 0.221 e. The van der Waals surface area contributed by atoms with Crippen molar-refractivity contribution in [3.05, 3.63) is 0 Å². The summed E-state index contributed by atoms with van der Waals surface area (Å²) < 4.78 is 0. The van der Waals surface area contributed by atoms with E-state index in [1.807, 2.05) is 6.92 Å². The Morgan fingerprint density at radius 3 is 2.63 bits per heavy atom. The van der Waals surface area contributed by atoms with E-state index in [0.29, 0.717) is 25.0 Å². The molecule has 1 saturated carbocycles. The second-order valence-corrected chi connectivity index (χ2v) is 4.85. The standard InChI is InChI=1S/C13H26N4O.HI/c1-2-9-15-13(14)16-10-8-12(18)17-11-6-4-3-5-7-11;/h11H,2-10H2,1H3,(H,17,18)(H3,14,15,16);1H. The average Bonchev–Trinajstić information content (AvgIpc) is 2.37. The molecule has 6 heteroatoms. The molecule has 0 aromatic rings. The number of amides is 1. The first-order valence-electron chi connectivity index (χ1n) is 7.05. The Morgan fingerprint density at radius 2 is 2.00 bits per heavy atom. The Labute approximate surface area is 133 Å². The van der Waals surface area contributed by atoms with Crippen molar-refractivity contribution >= 4 is 35.8 Å². The fraction of sp³-hybridized carbons (Fsp3) is 0.846. The Kier molecular flexibility index (Phi) is 11.0. The van der Waals surface area contributed by atoms with E-state index < -0.39 is 0 Å². The highest BCUT2D eigenvalue weighted by Gasteiger charge is 2.15. The molecule has 0 aromatic heterocycles. The van der Waals surface area contributed by atoms with Crippen LogP contribution >= 0.6 is 24.0 Å². The van der Waals surface area contributed by atoms with Crippen LogP contribution in [0.1, 0.15) is 51.9 Å². The zero-order valence-corrected chi connectivity index (χ0v) is 14.1. The maximum atomic E-state index is 11.7. The van der Waals surface area contributed by atoms with Crippen LogP contribution in [0, 0.1) is 0 Å². The summed E-state index contributed by atoms with van der Waals surface area (Å²) in [6.07, 6.45) is 7.46. The zero-order valence-electron chi connectivity index (χ0n) is 11.8. The lowest BCUT2D eigenvalue weighted by molar-refractivity contribution is -0.121. The molecule has 0 bridgehead atoms. The molecule has 4 N–H and O–H groups in total. The molecular weight excluding hydrogens is 355 g/mol. The number of carbonyl (C=O) groups excluding carboxylic acids is 1. The minimum Gasteiger partial charge on any atom is -0.370 e. The quantitative estimate of drug-likeness (QED) is 0.372. The molecule has 0 spiro atoms. The third-order valence-corrected chi connectivity index (χ3v) is 3.13. The number of hydrogen-bond donors (Lipinski definition) is 3. The third kappa shape index (κ3) is 9.07. The first kappa shape index (κ1) is 18.5. The summed E-state index contributed by atoms with van der Waals surface area (Å²) in [6.45, 7) is 3.33. The van der Waals surface area contributed by atoms with E-state index in [0.717, 1.165) is 25.8 Å². The van der Waals surface area contributed by atoms with Crippen molar-refractivity contribution in [2.75, 3.05) is 13.1 Å². The molecule has 1 rings (SSSR count). The van der Waals surface area contributed by atoms with Gasteiger partial charge in [-0.25, -0.2) is 0 Å². The van der Waals surface area contributed by atoms with Crippen molar-refractivity contribution in [2.24, 2.45) is 10.7 Å². The summed E-state index contributed by atoms with van der Waals surface area (Å²) in [5.41, 5.74) is 5.64. The molecule has 1 amide bonds. The summed E-state index contributed by atoms with van der Waals surface area (Å²) in [7, 11) is 0. The van der Waals surface area contributed by atoms with Gasteiger partial charge in [0.05, 0.1) is 0 Å². The summed E-state index contributed by atoms with van der Waals surface area (Å²) >= 11 is 0. The van der Waals surface area contributed by atoms with E-state index in [4.69, 9.17) is 5.73 Å². The molecule has 112 valence electrons. The lowest BCUT2D eigenvalue weighted by Crippen LogP contribution is -2.39. The molecular formula is C13H27IN4O. The Balaban J connectivity index is 0.00000324. The fourth-order valence-electron chi connectivity index (χ4n) is 2.14. The number of nitrogens with one attached hydrogen (secondary N) is 2. The predicted octanol–water partition coefficient (Wildman–Crippen LogP) is 1.76. The van der Waals surface area contributed by atoms with E-state index in [9.17, 15) is 4.79 Å². The molecule has 1 aliphatic rings. The van der Waals surface area contributed by atoms with Gasteiger partial charge in [-0.3, -0.25) is 9.79 Å². The van der Waals surface area contributed by atoms with E-state index in [2.05, 4.69) is 15.6 Å². The van der Waals surface area contributed by atoms with Gasteiger partial charge in [-0.1, -0.05) is 26.2 Å². The van der Waals surface area contributed by atoms with Gasteiger partial charge in [0.15, 0.2) is 5.96 Å². The highest BCUT2D eigenvalue weighted by atomic mass is 127. The predicted molar refractivity (Wildman–Crippen MR) is 89.8 cm³/mol. The fourth-order valence-corrected chi connectivity index (χ4v) is 2.14. The Bertz CT molecular complexity index is 278. The van der Waals surface area contributed by atoms with Crippen molar-refractivity contribution in [1.82, 2.24) is 10.6 Å². The number of carbonyl (C=O) groups is 1.